The third-order valence-corrected chi connectivity index (χ3v) is 3.21. The topological polar surface area (TPSA) is 42.2 Å². The first kappa shape index (κ1) is 7.08. The largest absolute Gasteiger partial charge is 0.329 e. The number of nitrogens with one attached hydrogen (secondary N) is 1. The summed E-state index contributed by atoms with van der Waals surface area (Å²) in [7, 11) is 2.04. The lowest BCUT2D eigenvalue weighted by molar-refractivity contribution is 0.686. The van der Waals surface area contributed by atoms with E-state index in [-0.39, 0.29) is 0 Å². The van der Waals surface area contributed by atoms with Gasteiger partial charge in [0.1, 0.15) is 0 Å². The van der Waals surface area contributed by atoms with Crippen LogP contribution in [0.3, 0.4) is 0 Å². The Labute approximate surface area is 78.9 Å². The summed E-state index contributed by atoms with van der Waals surface area (Å²) < 4.78 is 3.36. The monoisotopic (exact) mass is 192 g/mol. The molecule has 0 saturated carbocycles. The zero-order valence-electron chi connectivity index (χ0n) is 7.11. The first-order valence-corrected chi connectivity index (χ1v) is 4.92. The van der Waals surface area contributed by atoms with Gasteiger partial charge < -0.3 is 9.99 Å². The molecule has 0 spiro atoms. The van der Waals surface area contributed by atoms with Crippen LogP contribution in [-0.4, -0.2) is 15.8 Å². The number of nitrogens with zero attached hydrogens (tertiary/aromatic N) is 3. The average molecular weight is 192 g/mol. The highest BCUT2D eigenvalue weighted by Gasteiger charge is 2.17. The second-order valence-electron chi connectivity index (χ2n) is 3.02. The van der Waals surface area contributed by atoms with Crippen molar-refractivity contribution in [1.82, 2.24) is 15.0 Å². The van der Waals surface area contributed by atoms with Crippen molar-refractivity contribution in [1.29, 1.82) is 0 Å². The molecule has 0 fully saturated rings. The molecule has 0 atom stereocenters. The Morgan fingerprint density at radius 1 is 1.62 bits per heavy atom. The summed E-state index contributed by atoms with van der Waals surface area (Å²) in [4.78, 5) is 4.32. The van der Waals surface area contributed by atoms with Crippen LogP contribution in [0.4, 0.5) is 0 Å². The number of hydrazone groups is 1. The number of hydrogen-bond donors (Lipinski definition) is 1. The summed E-state index contributed by atoms with van der Waals surface area (Å²) in [5.41, 5.74) is 8.38. The molecule has 2 aromatic heterocycles. The van der Waals surface area contributed by atoms with Crippen LogP contribution in [0.2, 0.25) is 0 Å². The number of thiazole rings is 1. The molecule has 3 heterocycles. The van der Waals surface area contributed by atoms with Gasteiger partial charge in [-0.2, -0.15) is 5.10 Å². The van der Waals surface area contributed by atoms with E-state index in [4.69, 9.17) is 0 Å². The highest BCUT2D eigenvalue weighted by molar-refractivity contribution is 7.17. The average Bonchev–Trinajstić information content (AvgIpc) is 2.72. The molecule has 1 aliphatic heterocycles. The molecule has 13 heavy (non-hydrogen) atoms. The van der Waals surface area contributed by atoms with Crippen LogP contribution in [0.25, 0.3) is 10.3 Å². The molecule has 0 amide bonds. The Bertz CT molecular complexity index is 493. The maximum Gasteiger partial charge on any atom is 0.151 e. The standard InChI is InChI=1S/C8H8N4S/c1-12-6-3-11-10-2-5(6)7-8(12)9-4-13-7/h2,4,11H,3H2,1H3. The molecule has 1 aliphatic rings. The molecule has 66 valence electrons. The molecule has 0 unspecified atom stereocenters. The van der Waals surface area contributed by atoms with Gasteiger partial charge in [0.05, 0.1) is 28.7 Å². The van der Waals surface area contributed by atoms with E-state index in [1.807, 2.05) is 18.8 Å². The van der Waals surface area contributed by atoms with Crippen molar-refractivity contribution in [3.63, 3.8) is 0 Å². The molecule has 2 aromatic rings. The van der Waals surface area contributed by atoms with Gasteiger partial charge in [-0.1, -0.05) is 0 Å². The highest BCUT2D eigenvalue weighted by Crippen LogP contribution is 2.27. The Hall–Kier alpha value is -1.36. The minimum Gasteiger partial charge on any atom is -0.329 e. The quantitative estimate of drug-likeness (QED) is 0.678. The van der Waals surface area contributed by atoms with E-state index in [9.17, 15) is 0 Å². The van der Waals surface area contributed by atoms with Gasteiger partial charge in [-0.3, -0.25) is 0 Å². The summed E-state index contributed by atoms with van der Waals surface area (Å²) in [6.07, 6.45) is 1.87. The minimum atomic E-state index is 0.797. The lowest BCUT2D eigenvalue weighted by Crippen LogP contribution is -2.15. The zero-order valence-corrected chi connectivity index (χ0v) is 7.93. The van der Waals surface area contributed by atoms with E-state index in [0.717, 1.165) is 12.2 Å². The number of aromatic nitrogens is 2. The third-order valence-electron chi connectivity index (χ3n) is 2.36. The number of aryl methyl sites for hydroxylation is 1. The van der Waals surface area contributed by atoms with Gasteiger partial charge in [0.25, 0.3) is 0 Å². The zero-order chi connectivity index (χ0) is 8.84. The van der Waals surface area contributed by atoms with Crippen LogP contribution in [0, 0.1) is 0 Å². The van der Waals surface area contributed by atoms with Gasteiger partial charge in [-0.05, 0) is 0 Å². The maximum atomic E-state index is 4.32. The number of rotatable bonds is 0. The first-order valence-electron chi connectivity index (χ1n) is 4.04. The second kappa shape index (κ2) is 2.32. The fraction of sp³-hybridized carbons (Fsp3) is 0.250. The van der Waals surface area contributed by atoms with Gasteiger partial charge in [-0.25, -0.2) is 4.98 Å². The van der Waals surface area contributed by atoms with Gasteiger partial charge >= 0.3 is 0 Å². The second-order valence-corrected chi connectivity index (χ2v) is 3.87. The molecule has 0 radical (unpaired) electrons. The Morgan fingerprint density at radius 2 is 2.54 bits per heavy atom. The van der Waals surface area contributed by atoms with E-state index in [2.05, 4.69) is 20.1 Å². The summed E-state index contributed by atoms with van der Waals surface area (Å²) in [6, 6.07) is 0. The minimum absolute atomic E-state index is 0.797. The van der Waals surface area contributed by atoms with Crippen molar-refractivity contribution < 1.29 is 0 Å². The Balaban J connectivity index is 2.48. The fourth-order valence-electron chi connectivity index (χ4n) is 1.68. The Kier molecular flexibility index (Phi) is 1.26. The molecule has 0 aliphatic carbocycles. The summed E-state index contributed by atoms with van der Waals surface area (Å²) in [5, 5.41) is 4.05. The fourth-order valence-corrected chi connectivity index (χ4v) is 2.53. The van der Waals surface area contributed by atoms with Crippen molar-refractivity contribution in [3.05, 3.63) is 16.8 Å². The van der Waals surface area contributed by atoms with Gasteiger partial charge in [-0.15, -0.1) is 11.3 Å². The molecular weight excluding hydrogens is 184 g/mol. The van der Waals surface area contributed by atoms with Crippen LogP contribution >= 0.6 is 11.3 Å². The van der Waals surface area contributed by atoms with Crippen molar-refractivity contribution in [2.24, 2.45) is 12.1 Å². The van der Waals surface area contributed by atoms with E-state index in [0.29, 0.717) is 0 Å². The summed E-state index contributed by atoms with van der Waals surface area (Å²) in [6.45, 7) is 0.797. The van der Waals surface area contributed by atoms with Crippen LogP contribution in [0.1, 0.15) is 11.3 Å². The molecular formula is C8H8N4S. The number of hydrogen-bond acceptors (Lipinski definition) is 4. The van der Waals surface area contributed by atoms with E-state index in [1.165, 1.54) is 16.0 Å². The van der Waals surface area contributed by atoms with E-state index < -0.39 is 0 Å². The van der Waals surface area contributed by atoms with Crippen molar-refractivity contribution >= 4 is 27.9 Å². The lowest BCUT2D eigenvalue weighted by atomic mass is 10.2. The van der Waals surface area contributed by atoms with Crippen LogP contribution in [0.15, 0.2) is 10.6 Å². The number of fused-ring (bicyclic) bond motifs is 3. The normalized spacial score (nSPS) is 14.5. The predicted octanol–water partition coefficient (Wildman–Crippen LogP) is 1.07. The lowest BCUT2D eigenvalue weighted by Gasteiger charge is -2.08. The summed E-state index contributed by atoms with van der Waals surface area (Å²) >= 11 is 1.67. The van der Waals surface area contributed by atoms with Crippen molar-refractivity contribution in [3.8, 4) is 0 Å². The van der Waals surface area contributed by atoms with Gasteiger partial charge in [0.2, 0.25) is 0 Å². The smallest absolute Gasteiger partial charge is 0.151 e. The van der Waals surface area contributed by atoms with Gasteiger partial charge in [0.15, 0.2) is 5.65 Å². The van der Waals surface area contributed by atoms with E-state index >= 15 is 0 Å². The van der Waals surface area contributed by atoms with Crippen LogP contribution in [-0.2, 0) is 13.6 Å². The molecule has 4 nitrogen and oxygen atoms in total. The molecule has 0 saturated heterocycles. The third kappa shape index (κ3) is 0.793. The summed E-state index contributed by atoms with van der Waals surface area (Å²) in [5.74, 6) is 0. The molecule has 1 N–H and O–H groups in total. The Morgan fingerprint density at radius 3 is 3.46 bits per heavy atom. The van der Waals surface area contributed by atoms with Crippen molar-refractivity contribution in [2.75, 3.05) is 0 Å². The molecule has 0 aromatic carbocycles. The predicted molar refractivity (Wildman–Crippen MR) is 53.0 cm³/mol. The maximum absolute atomic E-state index is 4.32. The molecule has 3 rings (SSSR count). The first-order chi connectivity index (χ1) is 6.38. The van der Waals surface area contributed by atoms with Crippen molar-refractivity contribution in [2.45, 2.75) is 6.54 Å². The molecule has 5 heteroatoms. The molecule has 0 bridgehead atoms. The van der Waals surface area contributed by atoms with Gasteiger partial charge in [0, 0.05) is 12.6 Å². The van der Waals surface area contributed by atoms with Crippen LogP contribution in [0.5, 0.6) is 0 Å². The van der Waals surface area contributed by atoms with E-state index in [1.54, 1.807) is 11.3 Å². The highest BCUT2D eigenvalue weighted by atomic mass is 32.1. The SMILES string of the molecule is Cn1c2c(c3scnc31)C=NNC2. The van der Waals surface area contributed by atoms with Crippen LogP contribution < -0.4 is 5.43 Å².